The highest BCUT2D eigenvalue weighted by atomic mass is 15.3. The van der Waals surface area contributed by atoms with Crippen LogP contribution >= 0.6 is 0 Å². The Morgan fingerprint density at radius 1 is 1.38 bits per heavy atom. The molecule has 0 amide bonds. The fourth-order valence-corrected chi connectivity index (χ4v) is 3.27. The maximum atomic E-state index is 6.14. The van der Waals surface area contributed by atoms with Crippen molar-refractivity contribution in [2.24, 2.45) is 5.73 Å². The molecule has 0 aromatic carbocycles. The van der Waals surface area contributed by atoms with Crippen molar-refractivity contribution in [1.82, 2.24) is 9.88 Å². The summed E-state index contributed by atoms with van der Waals surface area (Å²) in [5.74, 6) is 1.15. The molecule has 21 heavy (non-hydrogen) atoms. The van der Waals surface area contributed by atoms with Gasteiger partial charge in [0.25, 0.3) is 0 Å². The minimum Gasteiger partial charge on any atom is -0.355 e. The van der Waals surface area contributed by atoms with Gasteiger partial charge >= 0.3 is 0 Å². The number of hydrogen-bond acceptors (Lipinski definition) is 4. The predicted molar refractivity (Wildman–Crippen MR) is 89.7 cm³/mol. The van der Waals surface area contributed by atoms with Gasteiger partial charge in [0.1, 0.15) is 5.82 Å². The van der Waals surface area contributed by atoms with Gasteiger partial charge in [0.2, 0.25) is 0 Å². The second kappa shape index (κ2) is 7.76. The van der Waals surface area contributed by atoms with Crippen LogP contribution in [-0.4, -0.2) is 48.1 Å². The second-order valence-electron chi connectivity index (χ2n) is 5.97. The van der Waals surface area contributed by atoms with Crippen LogP contribution in [0.4, 0.5) is 5.82 Å². The molecule has 1 aromatic rings. The molecule has 0 radical (unpaired) electrons. The molecule has 1 aromatic heterocycles. The highest BCUT2D eigenvalue weighted by Crippen LogP contribution is 2.25. The third kappa shape index (κ3) is 3.95. The standard InChI is InChI=1S/C17H30N4/c1-4-15(18)12-14-8-7-10-19-17(14)21-11-9-16(13-21)20(5-2)6-3/h7-8,10,15-16H,4-6,9,11-13,18H2,1-3H3. The van der Waals surface area contributed by atoms with E-state index in [0.29, 0.717) is 6.04 Å². The van der Waals surface area contributed by atoms with Crippen molar-refractivity contribution in [3.8, 4) is 0 Å². The monoisotopic (exact) mass is 290 g/mol. The lowest BCUT2D eigenvalue weighted by Crippen LogP contribution is -2.37. The van der Waals surface area contributed by atoms with Crippen LogP contribution in [-0.2, 0) is 6.42 Å². The van der Waals surface area contributed by atoms with Crippen molar-refractivity contribution < 1.29 is 0 Å². The van der Waals surface area contributed by atoms with Crippen LogP contribution in [0, 0.1) is 0 Å². The third-order valence-electron chi connectivity index (χ3n) is 4.67. The average Bonchev–Trinajstić information content (AvgIpc) is 2.98. The number of nitrogens with two attached hydrogens (primary N) is 1. The fraction of sp³-hybridized carbons (Fsp3) is 0.706. The molecule has 1 aliphatic rings. The van der Waals surface area contributed by atoms with Crippen LogP contribution in [0.5, 0.6) is 0 Å². The third-order valence-corrected chi connectivity index (χ3v) is 4.67. The summed E-state index contributed by atoms with van der Waals surface area (Å²) in [6, 6.07) is 5.10. The zero-order chi connectivity index (χ0) is 15.2. The van der Waals surface area contributed by atoms with E-state index in [0.717, 1.165) is 44.8 Å². The first kappa shape index (κ1) is 16.2. The lowest BCUT2D eigenvalue weighted by molar-refractivity contribution is 0.232. The highest BCUT2D eigenvalue weighted by molar-refractivity contribution is 5.48. The Hall–Kier alpha value is -1.13. The van der Waals surface area contributed by atoms with Gasteiger partial charge in [-0.15, -0.1) is 0 Å². The number of pyridine rings is 1. The number of aromatic nitrogens is 1. The molecule has 0 aliphatic carbocycles. The maximum absolute atomic E-state index is 6.14. The van der Waals surface area contributed by atoms with Gasteiger partial charge in [-0.25, -0.2) is 4.98 Å². The number of anilines is 1. The van der Waals surface area contributed by atoms with Gasteiger partial charge in [0.15, 0.2) is 0 Å². The van der Waals surface area contributed by atoms with Crippen LogP contribution in [0.15, 0.2) is 18.3 Å². The number of rotatable bonds is 7. The molecule has 2 rings (SSSR count). The summed E-state index contributed by atoms with van der Waals surface area (Å²) < 4.78 is 0. The van der Waals surface area contributed by atoms with E-state index in [1.165, 1.54) is 12.0 Å². The highest BCUT2D eigenvalue weighted by Gasteiger charge is 2.28. The smallest absolute Gasteiger partial charge is 0.131 e. The summed E-state index contributed by atoms with van der Waals surface area (Å²) in [5, 5.41) is 0. The van der Waals surface area contributed by atoms with Gasteiger partial charge in [0.05, 0.1) is 0 Å². The average molecular weight is 290 g/mol. The van der Waals surface area contributed by atoms with Gasteiger partial charge in [-0.2, -0.15) is 0 Å². The van der Waals surface area contributed by atoms with Gasteiger partial charge in [0, 0.05) is 31.4 Å². The molecule has 2 atom stereocenters. The first-order chi connectivity index (χ1) is 10.2. The van der Waals surface area contributed by atoms with E-state index in [1.807, 2.05) is 12.3 Å². The van der Waals surface area contributed by atoms with E-state index in [1.54, 1.807) is 0 Å². The first-order valence-electron chi connectivity index (χ1n) is 8.38. The number of nitrogens with zero attached hydrogens (tertiary/aromatic N) is 3. The molecule has 0 saturated carbocycles. The summed E-state index contributed by atoms with van der Waals surface area (Å²) in [5.41, 5.74) is 7.43. The van der Waals surface area contributed by atoms with Crippen LogP contribution in [0.25, 0.3) is 0 Å². The molecule has 0 spiro atoms. The minimum atomic E-state index is 0.231. The Kier molecular flexibility index (Phi) is 6.00. The molecule has 2 N–H and O–H groups in total. The number of likely N-dealkylation sites (N-methyl/N-ethyl adjacent to an activating group) is 1. The summed E-state index contributed by atoms with van der Waals surface area (Å²) in [6.07, 6.45) is 5.07. The molecule has 2 heterocycles. The Morgan fingerprint density at radius 2 is 2.14 bits per heavy atom. The topological polar surface area (TPSA) is 45.4 Å². The van der Waals surface area contributed by atoms with Gasteiger partial charge in [-0.3, -0.25) is 4.90 Å². The summed E-state index contributed by atoms with van der Waals surface area (Å²) >= 11 is 0. The van der Waals surface area contributed by atoms with Gasteiger partial charge < -0.3 is 10.6 Å². The molecular formula is C17H30N4. The van der Waals surface area contributed by atoms with Crippen molar-refractivity contribution in [2.45, 2.75) is 52.1 Å². The van der Waals surface area contributed by atoms with Crippen molar-refractivity contribution in [1.29, 1.82) is 0 Å². The van der Waals surface area contributed by atoms with Crippen molar-refractivity contribution in [3.63, 3.8) is 0 Å². The minimum absolute atomic E-state index is 0.231. The molecule has 1 aliphatic heterocycles. The molecule has 2 unspecified atom stereocenters. The molecular weight excluding hydrogens is 260 g/mol. The fourth-order valence-electron chi connectivity index (χ4n) is 3.27. The van der Waals surface area contributed by atoms with Crippen molar-refractivity contribution in [2.75, 3.05) is 31.1 Å². The zero-order valence-corrected chi connectivity index (χ0v) is 13.8. The molecule has 1 fully saturated rings. The van der Waals surface area contributed by atoms with Crippen LogP contribution in [0.1, 0.15) is 39.2 Å². The van der Waals surface area contributed by atoms with E-state index >= 15 is 0 Å². The Morgan fingerprint density at radius 3 is 2.81 bits per heavy atom. The lowest BCUT2D eigenvalue weighted by Gasteiger charge is -2.27. The number of hydrogen-bond donors (Lipinski definition) is 1. The van der Waals surface area contributed by atoms with Gasteiger partial charge in [-0.05, 0) is 44.0 Å². The van der Waals surface area contributed by atoms with Crippen LogP contribution < -0.4 is 10.6 Å². The maximum Gasteiger partial charge on any atom is 0.131 e. The van der Waals surface area contributed by atoms with E-state index in [2.05, 4.69) is 41.6 Å². The Labute approximate surface area is 129 Å². The molecule has 118 valence electrons. The van der Waals surface area contributed by atoms with Crippen LogP contribution in [0.2, 0.25) is 0 Å². The van der Waals surface area contributed by atoms with Crippen molar-refractivity contribution >= 4 is 5.82 Å². The normalized spacial score (nSPS) is 20.2. The van der Waals surface area contributed by atoms with E-state index in [4.69, 9.17) is 5.73 Å². The molecule has 4 heteroatoms. The van der Waals surface area contributed by atoms with E-state index < -0.39 is 0 Å². The van der Waals surface area contributed by atoms with Gasteiger partial charge in [-0.1, -0.05) is 26.8 Å². The predicted octanol–water partition coefficient (Wildman–Crippen LogP) is 2.28. The molecule has 0 bridgehead atoms. The Balaban J connectivity index is 2.09. The SMILES string of the molecule is CCC(N)Cc1cccnc1N1CCC(N(CC)CC)C1. The first-order valence-corrected chi connectivity index (χ1v) is 8.38. The zero-order valence-electron chi connectivity index (χ0n) is 13.8. The second-order valence-corrected chi connectivity index (χ2v) is 5.97. The summed E-state index contributed by atoms with van der Waals surface area (Å²) in [7, 11) is 0. The Bertz CT molecular complexity index is 431. The van der Waals surface area contributed by atoms with E-state index in [9.17, 15) is 0 Å². The lowest BCUT2D eigenvalue weighted by atomic mass is 10.1. The molecule has 1 saturated heterocycles. The summed E-state index contributed by atoms with van der Waals surface area (Å²) in [4.78, 5) is 9.65. The van der Waals surface area contributed by atoms with Crippen LogP contribution in [0.3, 0.4) is 0 Å². The summed E-state index contributed by atoms with van der Waals surface area (Å²) in [6.45, 7) is 11.1. The van der Waals surface area contributed by atoms with Crippen molar-refractivity contribution in [3.05, 3.63) is 23.9 Å². The largest absolute Gasteiger partial charge is 0.355 e. The van der Waals surface area contributed by atoms with E-state index in [-0.39, 0.29) is 6.04 Å². The quantitative estimate of drug-likeness (QED) is 0.837. The molecule has 4 nitrogen and oxygen atoms in total.